The molecule has 0 saturated carbocycles. The van der Waals surface area contributed by atoms with Gasteiger partial charge in [0, 0.05) is 11.4 Å². The summed E-state index contributed by atoms with van der Waals surface area (Å²) in [5, 5.41) is 0.191. The van der Waals surface area contributed by atoms with Crippen molar-refractivity contribution in [1.29, 1.82) is 0 Å². The van der Waals surface area contributed by atoms with Crippen molar-refractivity contribution in [3.63, 3.8) is 0 Å². The summed E-state index contributed by atoms with van der Waals surface area (Å²) in [5.41, 5.74) is 3.98. The highest BCUT2D eigenvalue weighted by molar-refractivity contribution is 6.30. The third kappa shape index (κ3) is 4.11. The molecule has 0 bridgehead atoms. The minimum atomic E-state index is -4.46. The summed E-state index contributed by atoms with van der Waals surface area (Å²) in [6.07, 6.45) is -2.14. The number of primary amides is 1. The Hall–Kier alpha value is -1.49. The molecule has 1 amide bonds. The zero-order valence-corrected chi connectivity index (χ0v) is 9.35. The SMILES string of the molecule is NC(=O)CC=Cc1cc(Cl)ccc1C(F)(F)F. The fourth-order valence-electron chi connectivity index (χ4n) is 1.23. The van der Waals surface area contributed by atoms with Gasteiger partial charge in [-0.2, -0.15) is 13.2 Å². The van der Waals surface area contributed by atoms with E-state index in [-0.39, 0.29) is 17.0 Å². The van der Waals surface area contributed by atoms with Crippen molar-refractivity contribution in [3.8, 4) is 0 Å². The van der Waals surface area contributed by atoms with E-state index in [9.17, 15) is 18.0 Å². The molecule has 0 heterocycles. The number of rotatable bonds is 3. The highest BCUT2D eigenvalue weighted by Crippen LogP contribution is 2.33. The van der Waals surface area contributed by atoms with E-state index in [1.54, 1.807) is 0 Å². The van der Waals surface area contributed by atoms with Gasteiger partial charge in [-0.15, -0.1) is 0 Å². The molecule has 6 heteroatoms. The Balaban J connectivity index is 3.08. The van der Waals surface area contributed by atoms with Crippen molar-refractivity contribution >= 4 is 23.6 Å². The molecule has 1 aromatic rings. The molecule has 92 valence electrons. The van der Waals surface area contributed by atoms with Crippen LogP contribution in [-0.2, 0) is 11.0 Å². The number of nitrogens with two attached hydrogens (primary N) is 1. The predicted octanol–water partition coefficient (Wildman–Crippen LogP) is 3.25. The fraction of sp³-hybridized carbons (Fsp3) is 0.182. The van der Waals surface area contributed by atoms with Gasteiger partial charge in [-0.1, -0.05) is 23.8 Å². The van der Waals surface area contributed by atoms with Crippen LogP contribution in [-0.4, -0.2) is 5.91 Å². The second-order valence-corrected chi connectivity index (χ2v) is 3.74. The van der Waals surface area contributed by atoms with Crippen LogP contribution in [0.5, 0.6) is 0 Å². The van der Waals surface area contributed by atoms with Crippen LogP contribution in [0.4, 0.5) is 13.2 Å². The lowest BCUT2D eigenvalue weighted by Gasteiger charge is -2.10. The van der Waals surface area contributed by atoms with E-state index in [1.807, 2.05) is 0 Å². The van der Waals surface area contributed by atoms with E-state index in [2.05, 4.69) is 0 Å². The average Bonchev–Trinajstić information content (AvgIpc) is 2.15. The number of halogens is 4. The van der Waals surface area contributed by atoms with Crippen molar-refractivity contribution in [2.24, 2.45) is 5.73 Å². The molecule has 0 fully saturated rings. The van der Waals surface area contributed by atoms with Gasteiger partial charge in [-0.25, -0.2) is 0 Å². The Labute approximate surface area is 101 Å². The normalized spacial score (nSPS) is 12.0. The first-order valence-corrected chi connectivity index (χ1v) is 5.00. The maximum atomic E-state index is 12.6. The van der Waals surface area contributed by atoms with Crippen LogP contribution in [0.3, 0.4) is 0 Å². The number of carbonyl (C=O) groups excluding carboxylic acids is 1. The molecule has 2 N–H and O–H groups in total. The molecule has 1 aromatic carbocycles. The van der Waals surface area contributed by atoms with Gasteiger partial charge in [0.25, 0.3) is 0 Å². The first-order chi connectivity index (χ1) is 7.80. The van der Waals surface area contributed by atoms with Crippen LogP contribution in [0.25, 0.3) is 6.08 Å². The van der Waals surface area contributed by atoms with Crippen LogP contribution in [0.1, 0.15) is 17.5 Å². The van der Waals surface area contributed by atoms with Gasteiger partial charge in [0.1, 0.15) is 0 Å². The molecular formula is C11H9ClF3NO. The molecule has 0 aliphatic carbocycles. The third-order valence-electron chi connectivity index (χ3n) is 1.94. The highest BCUT2D eigenvalue weighted by atomic mass is 35.5. The number of hydrogen-bond acceptors (Lipinski definition) is 1. The molecule has 0 aliphatic rings. The minimum absolute atomic E-state index is 0.0914. The molecule has 0 atom stereocenters. The van der Waals surface area contributed by atoms with Crippen molar-refractivity contribution in [3.05, 3.63) is 40.4 Å². The standard InChI is InChI=1S/C11H9ClF3NO/c12-8-4-5-9(11(13,14)15)7(6-8)2-1-3-10(16)17/h1-2,4-6H,3H2,(H2,16,17). The predicted molar refractivity (Wildman–Crippen MR) is 59.3 cm³/mol. The number of alkyl halides is 3. The molecule has 0 unspecified atom stereocenters. The van der Waals surface area contributed by atoms with Crippen LogP contribution in [0.15, 0.2) is 24.3 Å². The molecule has 0 aromatic heterocycles. The largest absolute Gasteiger partial charge is 0.416 e. The number of amides is 1. The van der Waals surface area contributed by atoms with E-state index in [0.29, 0.717) is 0 Å². The Morgan fingerprint density at radius 1 is 1.41 bits per heavy atom. The van der Waals surface area contributed by atoms with E-state index < -0.39 is 17.6 Å². The van der Waals surface area contributed by atoms with Gasteiger partial charge in [-0.05, 0) is 23.8 Å². The quantitative estimate of drug-likeness (QED) is 0.894. The Kier molecular flexibility index (Phi) is 4.17. The lowest BCUT2D eigenvalue weighted by molar-refractivity contribution is -0.137. The van der Waals surface area contributed by atoms with Crippen LogP contribution >= 0.6 is 11.6 Å². The maximum Gasteiger partial charge on any atom is 0.416 e. The van der Waals surface area contributed by atoms with Gasteiger partial charge in [0.05, 0.1) is 5.56 Å². The lowest BCUT2D eigenvalue weighted by atomic mass is 10.1. The molecule has 17 heavy (non-hydrogen) atoms. The minimum Gasteiger partial charge on any atom is -0.369 e. The van der Waals surface area contributed by atoms with Crippen molar-refractivity contribution < 1.29 is 18.0 Å². The summed E-state index contributed by atoms with van der Waals surface area (Å²) in [6, 6.07) is 3.24. The number of benzene rings is 1. The molecule has 2 nitrogen and oxygen atoms in total. The summed E-state index contributed by atoms with van der Waals surface area (Å²) in [7, 11) is 0. The zero-order chi connectivity index (χ0) is 13.1. The Morgan fingerprint density at radius 2 is 2.06 bits per heavy atom. The Bertz CT molecular complexity index is 455. The topological polar surface area (TPSA) is 43.1 Å². The summed E-state index contributed by atoms with van der Waals surface area (Å²) in [5.74, 6) is -0.614. The van der Waals surface area contributed by atoms with E-state index in [4.69, 9.17) is 17.3 Å². The van der Waals surface area contributed by atoms with Crippen molar-refractivity contribution in [2.75, 3.05) is 0 Å². The van der Waals surface area contributed by atoms with Gasteiger partial charge < -0.3 is 5.73 Å². The highest BCUT2D eigenvalue weighted by Gasteiger charge is 2.32. The van der Waals surface area contributed by atoms with E-state index in [1.165, 1.54) is 18.2 Å². The first-order valence-electron chi connectivity index (χ1n) is 4.62. The molecule has 0 radical (unpaired) electrons. The zero-order valence-electron chi connectivity index (χ0n) is 8.59. The number of hydrogen-bond donors (Lipinski definition) is 1. The van der Waals surface area contributed by atoms with Crippen LogP contribution < -0.4 is 5.73 Å². The van der Waals surface area contributed by atoms with E-state index >= 15 is 0 Å². The number of carbonyl (C=O) groups is 1. The van der Waals surface area contributed by atoms with Gasteiger partial charge in [0.2, 0.25) is 5.91 Å². The van der Waals surface area contributed by atoms with Crippen molar-refractivity contribution in [2.45, 2.75) is 12.6 Å². The smallest absolute Gasteiger partial charge is 0.369 e. The van der Waals surface area contributed by atoms with Crippen molar-refractivity contribution in [1.82, 2.24) is 0 Å². The van der Waals surface area contributed by atoms with Gasteiger partial charge in [-0.3, -0.25) is 4.79 Å². The summed E-state index contributed by atoms with van der Waals surface area (Å²) in [6.45, 7) is 0. The molecule has 1 rings (SSSR count). The van der Waals surface area contributed by atoms with Gasteiger partial charge in [0.15, 0.2) is 0 Å². The summed E-state index contributed by atoms with van der Waals surface area (Å²) in [4.78, 5) is 10.5. The van der Waals surface area contributed by atoms with Crippen LogP contribution in [0, 0.1) is 0 Å². The molecule has 0 saturated heterocycles. The van der Waals surface area contributed by atoms with E-state index in [0.717, 1.165) is 12.1 Å². The monoisotopic (exact) mass is 263 g/mol. The lowest BCUT2D eigenvalue weighted by Crippen LogP contribution is -2.08. The molecule has 0 aliphatic heterocycles. The maximum absolute atomic E-state index is 12.6. The Morgan fingerprint density at radius 3 is 2.59 bits per heavy atom. The van der Waals surface area contributed by atoms with Gasteiger partial charge >= 0.3 is 6.18 Å². The average molecular weight is 264 g/mol. The first kappa shape index (κ1) is 13.6. The fourth-order valence-corrected chi connectivity index (χ4v) is 1.41. The summed E-state index contributed by atoms with van der Waals surface area (Å²) < 4.78 is 37.8. The molecular weight excluding hydrogens is 255 g/mol. The summed E-state index contributed by atoms with van der Waals surface area (Å²) >= 11 is 5.62. The molecule has 0 spiro atoms. The van der Waals surface area contributed by atoms with Crippen LogP contribution in [0.2, 0.25) is 5.02 Å². The third-order valence-corrected chi connectivity index (χ3v) is 2.17. The second-order valence-electron chi connectivity index (χ2n) is 3.30. The second kappa shape index (κ2) is 5.23.